The van der Waals surface area contributed by atoms with Crippen molar-refractivity contribution in [2.45, 2.75) is 0 Å². The van der Waals surface area contributed by atoms with Gasteiger partial charge in [-0.2, -0.15) is 0 Å². The molecule has 0 aliphatic carbocycles. The van der Waals surface area contributed by atoms with E-state index in [9.17, 15) is 0 Å². The lowest BCUT2D eigenvalue weighted by molar-refractivity contribution is 0.669. The van der Waals surface area contributed by atoms with Crippen molar-refractivity contribution in [3.8, 4) is 56.4 Å². The normalized spacial score (nSPS) is 11.6. The summed E-state index contributed by atoms with van der Waals surface area (Å²) >= 11 is 0. The Labute approximate surface area is 317 Å². The zero-order chi connectivity index (χ0) is 36.3. The van der Waals surface area contributed by atoms with Crippen LogP contribution in [0.2, 0.25) is 0 Å². The van der Waals surface area contributed by atoms with Gasteiger partial charge in [-0.05, 0) is 78.8 Å². The smallest absolute Gasteiger partial charge is 0.167 e. The first-order chi connectivity index (χ1) is 27.2. The van der Waals surface area contributed by atoms with Gasteiger partial charge in [0.25, 0.3) is 0 Å². The third-order valence-corrected chi connectivity index (χ3v) is 10.7. The molecule has 55 heavy (non-hydrogen) atoms. The van der Waals surface area contributed by atoms with Gasteiger partial charge in [-0.15, -0.1) is 0 Å². The highest BCUT2D eigenvalue weighted by Gasteiger charge is 2.20. The number of fused-ring (bicyclic) bond motifs is 7. The van der Waals surface area contributed by atoms with Crippen molar-refractivity contribution in [3.63, 3.8) is 0 Å². The highest BCUT2D eigenvalue weighted by Crippen LogP contribution is 2.39. The summed E-state index contributed by atoms with van der Waals surface area (Å²) < 4.78 is 6.50. The fraction of sp³-hybridized carbons (Fsp3) is 0. The van der Waals surface area contributed by atoms with Crippen LogP contribution in [0.5, 0.6) is 0 Å². The van der Waals surface area contributed by atoms with Crippen LogP contribution < -0.4 is 0 Å². The molecule has 2 heterocycles. The molecule has 9 aromatic carbocycles. The molecular weight excluding hydrogens is 671 g/mol. The standard InChI is InChI=1S/C51H31N3O/c1-2-12-32(13-3-1)36-28-29-37-31-46(41-18-7-6-17-40(41)45(37)30-36)51-53-49(35-26-24-34(25-27-35)39-20-10-15-33-14-4-5-16-38(33)39)52-50(54-51)44-22-11-21-43-42-19-8-9-23-47(42)55-48(43)44/h1-31H. The van der Waals surface area contributed by atoms with E-state index < -0.39 is 0 Å². The minimum absolute atomic E-state index is 0.561. The number of nitrogens with zero attached hydrogens (tertiary/aromatic N) is 3. The summed E-state index contributed by atoms with van der Waals surface area (Å²) in [7, 11) is 0. The van der Waals surface area contributed by atoms with Crippen LogP contribution in [-0.2, 0) is 0 Å². The van der Waals surface area contributed by atoms with Crippen molar-refractivity contribution in [1.29, 1.82) is 0 Å². The molecule has 0 N–H and O–H groups in total. The van der Waals surface area contributed by atoms with Crippen molar-refractivity contribution in [2.24, 2.45) is 0 Å². The molecule has 0 fully saturated rings. The first kappa shape index (κ1) is 31.1. The van der Waals surface area contributed by atoms with Gasteiger partial charge in [-0.3, -0.25) is 0 Å². The SMILES string of the molecule is c1ccc(-c2ccc3cc(-c4nc(-c5ccc(-c6cccc7ccccc67)cc5)nc(-c5cccc6c5oc5ccccc56)n4)c4ccccc4c3c2)cc1. The van der Waals surface area contributed by atoms with E-state index in [1.807, 2.05) is 24.3 Å². The Morgan fingerprint density at radius 2 is 0.891 bits per heavy atom. The largest absolute Gasteiger partial charge is 0.455 e. The van der Waals surface area contributed by atoms with Gasteiger partial charge in [-0.1, -0.05) is 164 Å². The molecule has 0 radical (unpaired) electrons. The van der Waals surface area contributed by atoms with Crippen molar-refractivity contribution < 1.29 is 4.42 Å². The lowest BCUT2D eigenvalue weighted by Gasteiger charge is -2.14. The Balaban J connectivity index is 1.12. The molecule has 0 atom stereocenters. The number of aromatic nitrogens is 3. The predicted molar refractivity (Wildman–Crippen MR) is 227 cm³/mol. The van der Waals surface area contributed by atoms with Crippen LogP contribution in [0.3, 0.4) is 0 Å². The molecular formula is C51H31N3O. The summed E-state index contributed by atoms with van der Waals surface area (Å²) in [6, 6.07) is 65.8. The van der Waals surface area contributed by atoms with E-state index in [2.05, 4.69) is 164 Å². The molecule has 11 aromatic rings. The second-order valence-electron chi connectivity index (χ2n) is 14.0. The summed E-state index contributed by atoms with van der Waals surface area (Å²) in [6.07, 6.45) is 0. The third kappa shape index (κ3) is 5.26. The molecule has 4 heteroatoms. The third-order valence-electron chi connectivity index (χ3n) is 10.7. The Kier molecular flexibility index (Phi) is 7.14. The fourth-order valence-corrected chi connectivity index (χ4v) is 8.04. The van der Waals surface area contributed by atoms with Gasteiger partial charge in [0.2, 0.25) is 0 Å². The van der Waals surface area contributed by atoms with Gasteiger partial charge >= 0.3 is 0 Å². The maximum Gasteiger partial charge on any atom is 0.167 e. The maximum absolute atomic E-state index is 6.50. The summed E-state index contributed by atoms with van der Waals surface area (Å²) in [5, 5.41) is 9.07. The quantitative estimate of drug-likeness (QED) is 0.168. The number of para-hydroxylation sites is 2. The van der Waals surface area contributed by atoms with Crippen LogP contribution in [0.4, 0.5) is 0 Å². The van der Waals surface area contributed by atoms with E-state index in [0.29, 0.717) is 17.5 Å². The number of rotatable bonds is 5. The zero-order valence-corrected chi connectivity index (χ0v) is 29.6. The lowest BCUT2D eigenvalue weighted by atomic mass is 9.94. The first-order valence-corrected chi connectivity index (χ1v) is 18.5. The number of hydrogen-bond acceptors (Lipinski definition) is 4. The molecule has 0 aliphatic rings. The molecule has 11 rings (SSSR count). The Hall–Kier alpha value is -7.43. The van der Waals surface area contributed by atoms with Gasteiger partial charge in [-0.25, -0.2) is 15.0 Å². The van der Waals surface area contributed by atoms with E-state index in [1.54, 1.807) is 0 Å². The van der Waals surface area contributed by atoms with Gasteiger partial charge in [0, 0.05) is 21.9 Å². The monoisotopic (exact) mass is 701 g/mol. The molecule has 4 nitrogen and oxygen atoms in total. The highest BCUT2D eigenvalue weighted by molar-refractivity contribution is 6.14. The Bertz CT molecular complexity index is 3250. The van der Waals surface area contributed by atoms with Crippen molar-refractivity contribution >= 4 is 54.3 Å². The van der Waals surface area contributed by atoms with Crippen LogP contribution >= 0.6 is 0 Å². The predicted octanol–water partition coefficient (Wildman–Crippen LogP) is 13.6. The molecule has 0 unspecified atom stereocenters. The van der Waals surface area contributed by atoms with Gasteiger partial charge in [0.1, 0.15) is 11.2 Å². The maximum atomic E-state index is 6.50. The lowest BCUT2D eigenvalue weighted by Crippen LogP contribution is -2.01. The summed E-state index contributed by atoms with van der Waals surface area (Å²) in [6.45, 7) is 0. The van der Waals surface area contributed by atoms with E-state index in [1.165, 1.54) is 32.8 Å². The minimum Gasteiger partial charge on any atom is -0.455 e. The molecule has 0 spiro atoms. The van der Waals surface area contributed by atoms with E-state index in [-0.39, 0.29) is 0 Å². The average molecular weight is 702 g/mol. The average Bonchev–Trinajstić information content (AvgIpc) is 3.65. The topological polar surface area (TPSA) is 51.8 Å². The molecule has 256 valence electrons. The minimum atomic E-state index is 0.561. The highest BCUT2D eigenvalue weighted by atomic mass is 16.3. The van der Waals surface area contributed by atoms with E-state index in [0.717, 1.165) is 60.4 Å². The Morgan fingerprint density at radius 3 is 1.75 bits per heavy atom. The fourth-order valence-electron chi connectivity index (χ4n) is 8.04. The molecule has 0 bridgehead atoms. The summed E-state index contributed by atoms with van der Waals surface area (Å²) in [4.78, 5) is 15.7. The van der Waals surface area contributed by atoms with Crippen LogP contribution in [0.15, 0.2) is 192 Å². The first-order valence-electron chi connectivity index (χ1n) is 18.5. The molecule has 0 saturated carbocycles. The van der Waals surface area contributed by atoms with Crippen molar-refractivity contribution in [2.75, 3.05) is 0 Å². The molecule has 2 aromatic heterocycles. The Morgan fingerprint density at radius 1 is 0.291 bits per heavy atom. The summed E-state index contributed by atoms with van der Waals surface area (Å²) in [5.74, 6) is 1.77. The molecule has 0 saturated heterocycles. The van der Waals surface area contributed by atoms with E-state index in [4.69, 9.17) is 19.4 Å². The van der Waals surface area contributed by atoms with Crippen LogP contribution in [0.25, 0.3) is 111 Å². The zero-order valence-electron chi connectivity index (χ0n) is 29.6. The van der Waals surface area contributed by atoms with E-state index >= 15 is 0 Å². The number of benzene rings is 9. The van der Waals surface area contributed by atoms with Crippen LogP contribution in [0.1, 0.15) is 0 Å². The van der Waals surface area contributed by atoms with Gasteiger partial charge < -0.3 is 4.42 Å². The second-order valence-corrected chi connectivity index (χ2v) is 14.0. The molecule has 0 aliphatic heterocycles. The molecule has 0 amide bonds. The number of hydrogen-bond donors (Lipinski definition) is 0. The summed E-state index contributed by atoms with van der Waals surface area (Å²) in [5.41, 5.74) is 8.97. The van der Waals surface area contributed by atoms with Gasteiger partial charge in [0.05, 0.1) is 5.56 Å². The van der Waals surface area contributed by atoms with Crippen LogP contribution in [0, 0.1) is 0 Å². The van der Waals surface area contributed by atoms with Crippen molar-refractivity contribution in [3.05, 3.63) is 188 Å². The van der Waals surface area contributed by atoms with Crippen molar-refractivity contribution in [1.82, 2.24) is 15.0 Å². The van der Waals surface area contributed by atoms with Gasteiger partial charge in [0.15, 0.2) is 17.5 Å². The second kappa shape index (κ2) is 12.6. The van der Waals surface area contributed by atoms with Crippen LogP contribution in [-0.4, -0.2) is 15.0 Å². The number of furan rings is 1.